The molecule has 1 aliphatic rings. The molecule has 1 nitrogen and oxygen atoms in total. The van der Waals surface area contributed by atoms with Crippen LogP contribution in [0.1, 0.15) is 38.2 Å². The smallest absolute Gasteiger partial charge is 0.0408 e. The highest BCUT2D eigenvalue weighted by atomic mass is 35.5. The lowest BCUT2D eigenvalue weighted by molar-refractivity contribution is 0.437. The standard InChI is InChI=1S/C15H22ClN/c1-2-4-13(11-17-15-7-8-15)9-12-5-3-6-14(16)10-12/h3,5-6,10,13,15,17H,2,4,7-9,11H2,1H3. The first kappa shape index (κ1) is 12.9. The molecule has 0 saturated heterocycles. The normalized spacial score (nSPS) is 17.1. The topological polar surface area (TPSA) is 12.0 Å². The van der Waals surface area contributed by atoms with Gasteiger partial charge in [-0.15, -0.1) is 0 Å². The molecule has 0 amide bonds. The largest absolute Gasteiger partial charge is 0.314 e. The third-order valence-electron chi connectivity index (χ3n) is 3.38. The van der Waals surface area contributed by atoms with E-state index in [4.69, 9.17) is 11.6 Å². The predicted octanol–water partition coefficient (Wildman–Crippen LogP) is 4.05. The van der Waals surface area contributed by atoms with Crippen molar-refractivity contribution < 1.29 is 0 Å². The third kappa shape index (κ3) is 4.69. The number of halogens is 1. The van der Waals surface area contributed by atoms with Crippen LogP contribution in [0.5, 0.6) is 0 Å². The van der Waals surface area contributed by atoms with E-state index in [2.05, 4.69) is 30.4 Å². The second-order valence-corrected chi connectivity index (χ2v) is 5.61. The molecule has 0 radical (unpaired) electrons. The van der Waals surface area contributed by atoms with Crippen molar-refractivity contribution in [3.63, 3.8) is 0 Å². The van der Waals surface area contributed by atoms with Crippen LogP contribution in [-0.4, -0.2) is 12.6 Å². The SMILES string of the molecule is CCCC(CNC1CC1)Cc1cccc(Cl)c1. The Kier molecular flexibility index (Phi) is 4.87. The Bertz CT molecular complexity index is 347. The fraction of sp³-hybridized carbons (Fsp3) is 0.600. The van der Waals surface area contributed by atoms with E-state index < -0.39 is 0 Å². The van der Waals surface area contributed by atoms with Gasteiger partial charge in [-0.3, -0.25) is 0 Å². The van der Waals surface area contributed by atoms with Crippen LogP contribution in [0.2, 0.25) is 5.02 Å². The van der Waals surface area contributed by atoms with E-state index in [0.29, 0.717) is 0 Å². The van der Waals surface area contributed by atoms with Crippen LogP contribution in [0.3, 0.4) is 0 Å². The highest BCUT2D eigenvalue weighted by Gasteiger charge is 2.21. The summed E-state index contributed by atoms with van der Waals surface area (Å²) >= 11 is 6.03. The molecule has 1 unspecified atom stereocenters. The summed E-state index contributed by atoms with van der Waals surface area (Å²) in [6, 6.07) is 9.10. The summed E-state index contributed by atoms with van der Waals surface area (Å²) in [5, 5.41) is 4.50. The van der Waals surface area contributed by atoms with E-state index in [1.54, 1.807) is 0 Å². The van der Waals surface area contributed by atoms with Crippen molar-refractivity contribution >= 4 is 11.6 Å². The maximum absolute atomic E-state index is 6.03. The van der Waals surface area contributed by atoms with Crippen molar-refractivity contribution in [2.75, 3.05) is 6.54 Å². The first-order valence-corrected chi connectivity index (χ1v) is 7.13. The molecule has 0 aliphatic heterocycles. The van der Waals surface area contributed by atoms with Gasteiger partial charge in [0.15, 0.2) is 0 Å². The van der Waals surface area contributed by atoms with Gasteiger partial charge >= 0.3 is 0 Å². The van der Waals surface area contributed by atoms with Crippen LogP contribution in [0.4, 0.5) is 0 Å². The summed E-state index contributed by atoms with van der Waals surface area (Å²) in [5.74, 6) is 0.749. The van der Waals surface area contributed by atoms with Crippen LogP contribution in [-0.2, 0) is 6.42 Å². The molecule has 1 aromatic carbocycles. The lowest BCUT2D eigenvalue weighted by atomic mass is 9.95. The van der Waals surface area contributed by atoms with Gasteiger partial charge in [0, 0.05) is 11.1 Å². The van der Waals surface area contributed by atoms with Crippen molar-refractivity contribution in [3.8, 4) is 0 Å². The molecule has 1 aliphatic carbocycles. The van der Waals surface area contributed by atoms with Gasteiger partial charge in [0.1, 0.15) is 0 Å². The first-order chi connectivity index (χ1) is 8.28. The van der Waals surface area contributed by atoms with Crippen LogP contribution >= 0.6 is 11.6 Å². The minimum atomic E-state index is 0.749. The fourth-order valence-electron chi connectivity index (χ4n) is 2.30. The quantitative estimate of drug-likeness (QED) is 0.771. The molecule has 2 rings (SSSR count). The monoisotopic (exact) mass is 251 g/mol. The molecule has 1 N–H and O–H groups in total. The molecule has 0 bridgehead atoms. The minimum absolute atomic E-state index is 0.749. The summed E-state index contributed by atoms with van der Waals surface area (Å²) in [4.78, 5) is 0. The third-order valence-corrected chi connectivity index (χ3v) is 3.62. The molecule has 1 fully saturated rings. The Morgan fingerprint density at radius 3 is 2.88 bits per heavy atom. The van der Waals surface area contributed by atoms with Crippen LogP contribution in [0, 0.1) is 5.92 Å². The van der Waals surface area contributed by atoms with E-state index in [1.807, 2.05) is 6.07 Å². The molecule has 1 atom stereocenters. The summed E-state index contributed by atoms with van der Waals surface area (Å²) in [5.41, 5.74) is 1.37. The maximum Gasteiger partial charge on any atom is 0.0408 e. The van der Waals surface area contributed by atoms with E-state index >= 15 is 0 Å². The number of benzene rings is 1. The van der Waals surface area contributed by atoms with Crippen LogP contribution in [0.25, 0.3) is 0 Å². The summed E-state index contributed by atoms with van der Waals surface area (Å²) < 4.78 is 0. The van der Waals surface area contributed by atoms with Crippen LogP contribution in [0.15, 0.2) is 24.3 Å². The summed E-state index contributed by atoms with van der Waals surface area (Å²) in [7, 11) is 0. The molecule has 0 spiro atoms. The molecule has 17 heavy (non-hydrogen) atoms. The lowest BCUT2D eigenvalue weighted by Crippen LogP contribution is -2.26. The van der Waals surface area contributed by atoms with Gasteiger partial charge in [0.05, 0.1) is 0 Å². The second kappa shape index (κ2) is 6.42. The number of hydrogen-bond acceptors (Lipinski definition) is 1. The fourth-order valence-corrected chi connectivity index (χ4v) is 2.52. The average Bonchev–Trinajstić information content (AvgIpc) is 3.10. The van der Waals surface area contributed by atoms with Gasteiger partial charge in [-0.25, -0.2) is 0 Å². The number of hydrogen-bond donors (Lipinski definition) is 1. The van der Waals surface area contributed by atoms with E-state index in [-0.39, 0.29) is 0 Å². The lowest BCUT2D eigenvalue weighted by Gasteiger charge is -2.17. The zero-order valence-corrected chi connectivity index (χ0v) is 11.3. The Balaban J connectivity index is 1.86. The first-order valence-electron chi connectivity index (χ1n) is 6.75. The summed E-state index contributed by atoms with van der Waals surface area (Å²) in [6.07, 6.45) is 6.45. The van der Waals surface area contributed by atoms with Crippen molar-refractivity contribution in [3.05, 3.63) is 34.9 Å². The van der Waals surface area contributed by atoms with Crippen molar-refractivity contribution in [1.29, 1.82) is 0 Å². The van der Waals surface area contributed by atoms with E-state index in [1.165, 1.54) is 31.2 Å². The Morgan fingerprint density at radius 1 is 1.41 bits per heavy atom. The van der Waals surface area contributed by atoms with E-state index in [9.17, 15) is 0 Å². The Labute approximate surface area is 110 Å². The van der Waals surface area contributed by atoms with Crippen molar-refractivity contribution in [2.24, 2.45) is 5.92 Å². The molecule has 94 valence electrons. The minimum Gasteiger partial charge on any atom is -0.314 e. The Hall–Kier alpha value is -0.530. The van der Waals surface area contributed by atoms with Gasteiger partial charge in [-0.1, -0.05) is 37.1 Å². The van der Waals surface area contributed by atoms with Crippen molar-refractivity contribution in [1.82, 2.24) is 5.32 Å². The zero-order chi connectivity index (χ0) is 12.1. The second-order valence-electron chi connectivity index (χ2n) is 5.17. The Morgan fingerprint density at radius 2 is 2.24 bits per heavy atom. The molecule has 1 aromatic rings. The molecule has 0 heterocycles. The van der Waals surface area contributed by atoms with E-state index in [0.717, 1.165) is 29.9 Å². The maximum atomic E-state index is 6.03. The molecular weight excluding hydrogens is 230 g/mol. The van der Waals surface area contributed by atoms with Crippen LogP contribution < -0.4 is 5.32 Å². The molecule has 0 aromatic heterocycles. The average molecular weight is 252 g/mol. The van der Waals surface area contributed by atoms with Gasteiger partial charge in [-0.05, 0) is 55.8 Å². The predicted molar refractivity (Wildman–Crippen MR) is 74.6 cm³/mol. The molecule has 1 saturated carbocycles. The molecule has 2 heteroatoms. The summed E-state index contributed by atoms with van der Waals surface area (Å²) in [6.45, 7) is 3.42. The number of rotatable bonds is 7. The zero-order valence-electron chi connectivity index (χ0n) is 10.6. The highest BCUT2D eigenvalue weighted by Crippen LogP contribution is 2.21. The van der Waals surface area contributed by atoms with Gasteiger partial charge in [0.25, 0.3) is 0 Å². The highest BCUT2D eigenvalue weighted by molar-refractivity contribution is 6.30. The molecular formula is C15H22ClN. The van der Waals surface area contributed by atoms with Gasteiger partial charge in [-0.2, -0.15) is 0 Å². The van der Waals surface area contributed by atoms with Gasteiger partial charge < -0.3 is 5.32 Å². The van der Waals surface area contributed by atoms with Crippen molar-refractivity contribution in [2.45, 2.75) is 45.1 Å². The number of nitrogens with one attached hydrogen (secondary N) is 1. The van der Waals surface area contributed by atoms with Gasteiger partial charge in [0.2, 0.25) is 0 Å².